The van der Waals surface area contributed by atoms with E-state index in [0.29, 0.717) is 11.4 Å². The SMILES string of the molecule is CCNCc1cccc(Cl)c1SC1CCOC1C. The lowest BCUT2D eigenvalue weighted by molar-refractivity contribution is 0.127. The highest BCUT2D eigenvalue weighted by Crippen LogP contribution is 2.38. The molecule has 1 aliphatic heterocycles. The molecule has 18 heavy (non-hydrogen) atoms. The summed E-state index contributed by atoms with van der Waals surface area (Å²) in [6, 6.07) is 6.14. The van der Waals surface area contributed by atoms with E-state index < -0.39 is 0 Å². The number of thioether (sulfide) groups is 1. The van der Waals surface area contributed by atoms with Gasteiger partial charge in [-0.25, -0.2) is 0 Å². The van der Waals surface area contributed by atoms with Gasteiger partial charge in [0.05, 0.1) is 11.1 Å². The molecule has 4 heteroatoms. The summed E-state index contributed by atoms with van der Waals surface area (Å²) in [7, 11) is 0. The Morgan fingerprint density at radius 3 is 3.00 bits per heavy atom. The summed E-state index contributed by atoms with van der Waals surface area (Å²) in [5.41, 5.74) is 1.29. The first kappa shape index (κ1) is 14.2. The zero-order chi connectivity index (χ0) is 13.0. The molecule has 0 aliphatic carbocycles. The molecule has 1 N–H and O–H groups in total. The molecule has 1 aromatic rings. The molecular formula is C14H20ClNOS. The minimum Gasteiger partial charge on any atom is -0.377 e. The molecule has 2 nitrogen and oxygen atoms in total. The largest absolute Gasteiger partial charge is 0.377 e. The van der Waals surface area contributed by atoms with E-state index in [0.717, 1.165) is 31.1 Å². The van der Waals surface area contributed by atoms with Crippen molar-refractivity contribution in [2.45, 2.75) is 43.1 Å². The first-order chi connectivity index (χ1) is 8.72. The van der Waals surface area contributed by atoms with Gasteiger partial charge in [-0.15, -0.1) is 11.8 Å². The van der Waals surface area contributed by atoms with Crippen LogP contribution >= 0.6 is 23.4 Å². The van der Waals surface area contributed by atoms with Crippen LogP contribution in [0.1, 0.15) is 25.8 Å². The molecule has 2 unspecified atom stereocenters. The molecule has 0 spiro atoms. The van der Waals surface area contributed by atoms with Gasteiger partial charge in [0.1, 0.15) is 0 Å². The Balaban J connectivity index is 2.14. The van der Waals surface area contributed by atoms with Crippen LogP contribution in [0, 0.1) is 0 Å². The molecule has 0 aromatic heterocycles. The van der Waals surface area contributed by atoms with Gasteiger partial charge in [-0.1, -0.05) is 30.7 Å². The summed E-state index contributed by atoms with van der Waals surface area (Å²) in [5.74, 6) is 0. The third-order valence-corrected chi connectivity index (χ3v) is 5.26. The predicted molar refractivity (Wildman–Crippen MR) is 78.5 cm³/mol. The summed E-state index contributed by atoms with van der Waals surface area (Å²) in [6.45, 7) is 6.97. The van der Waals surface area contributed by atoms with Crippen LogP contribution in [0.3, 0.4) is 0 Å². The van der Waals surface area contributed by atoms with Gasteiger partial charge in [-0.05, 0) is 31.5 Å². The van der Waals surface area contributed by atoms with Gasteiger partial charge in [-0.3, -0.25) is 0 Å². The van der Waals surface area contributed by atoms with Crippen LogP contribution in [-0.4, -0.2) is 24.5 Å². The quantitative estimate of drug-likeness (QED) is 0.891. The van der Waals surface area contributed by atoms with Crippen molar-refractivity contribution in [2.24, 2.45) is 0 Å². The normalized spacial score (nSPS) is 23.5. The van der Waals surface area contributed by atoms with Gasteiger partial charge < -0.3 is 10.1 Å². The number of nitrogens with one attached hydrogen (secondary N) is 1. The van der Waals surface area contributed by atoms with E-state index in [1.807, 2.05) is 23.9 Å². The Morgan fingerprint density at radius 2 is 2.33 bits per heavy atom. The van der Waals surface area contributed by atoms with Crippen LogP contribution in [0.15, 0.2) is 23.1 Å². The fourth-order valence-corrected chi connectivity index (χ4v) is 3.69. The predicted octanol–water partition coefficient (Wildman–Crippen LogP) is 3.72. The first-order valence-corrected chi connectivity index (χ1v) is 7.74. The fraction of sp³-hybridized carbons (Fsp3) is 0.571. The third kappa shape index (κ3) is 3.41. The lowest BCUT2D eigenvalue weighted by atomic mass is 10.2. The van der Waals surface area contributed by atoms with Gasteiger partial charge in [-0.2, -0.15) is 0 Å². The zero-order valence-corrected chi connectivity index (χ0v) is 12.5. The number of hydrogen-bond donors (Lipinski definition) is 1. The highest BCUT2D eigenvalue weighted by Gasteiger charge is 2.26. The molecule has 0 bridgehead atoms. The second kappa shape index (κ2) is 6.80. The highest BCUT2D eigenvalue weighted by molar-refractivity contribution is 8.00. The molecule has 2 rings (SSSR count). The van der Waals surface area contributed by atoms with Gasteiger partial charge in [0.2, 0.25) is 0 Å². The van der Waals surface area contributed by atoms with Crippen molar-refractivity contribution in [1.29, 1.82) is 0 Å². The second-order valence-corrected chi connectivity index (χ2v) is 6.19. The summed E-state index contributed by atoms with van der Waals surface area (Å²) >= 11 is 8.21. The Bertz CT molecular complexity index is 399. The molecule has 100 valence electrons. The molecule has 0 radical (unpaired) electrons. The Hall–Kier alpha value is -0.220. The van der Waals surface area contributed by atoms with E-state index in [1.54, 1.807) is 0 Å². The molecule has 1 aliphatic rings. The number of halogens is 1. The van der Waals surface area contributed by atoms with E-state index in [4.69, 9.17) is 16.3 Å². The number of rotatable bonds is 5. The number of benzene rings is 1. The fourth-order valence-electron chi connectivity index (χ4n) is 2.10. The average molecular weight is 286 g/mol. The Labute approximate surface area is 118 Å². The Kier molecular flexibility index (Phi) is 5.37. The van der Waals surface area contributed by atoms with Crippen LogP contribution < -0.4 is 5.32 Å². The number of hydrogen-bond acceptors (Lipinski definition) is 3. The van der Waals surface area contributed by atoms with Gasteiger partial charge in [0.15, 0.2) is 0 Å². The van der Waals surface area contributed by atoms with Gasteiger partial charge in [0, 0.05) is 23.3 Å². The van der Waals surface area contributed by atoms with Crippen molar-refractivity contribution in [1.82, 2.24) is 5.32 Å². The van der Waals surface area contributed by atoms with Crippen molar-refractivity contribution < 1.29 is 4.74 Å². The van der Waals surface area contributed by atoms with Crippen LogP contribution in [0.5, 0.6) is 0 Å². The molecular weight excluding hydrogens is 266 g/mol. The molecule has 1 fully saturated rings. The van der Waals surface area contributed by atoms with Crippen molar-refractivity contribution in [3.8, 4) is 0 Å². The van der Waals surface area contributed by atoms with E-state index >= 15 is 0 Å². The van der Waals surface area contributed by atoms with Crippen LogP contribution in [0.4, 0.5) is 0 Å². The molecule has 0 saturated carbocycles. The molecule has 0 amide bonds. The van der Waals surface area contributed by atoms with E-state index in [-0.39, 0.29) is 0 Å². The Morgan fingerprint density at radius 1 is 1.50 bits per heavy atom. The standard InChI is InChI=1S/C14H20ClNOS/c1-3-16-9-11-5-4-6-12(15)14(11)18-13-7-8-17-10(13)2/h4-6,10,13,16H,3,7-9H2,1-2H3. The minimum atomic E-state index is 0.318. The first-order valence-electron chi connectivity index (χ1n) is 6.48. The zero-order valence-electron chi connectivity index (χ0n) is 10.9. The monoisotopic (exact) mass is 285 g/mol. The number of ether oxygens (including phenoxy) is 1. The van der Waals surface area contributed by atoms with E-state index in [9.17, 15) is 0 Å². The lowest BCUT2D eigenvalue weighted by Crippen LogP contribution is -2.15. The molecule has 1 saturated heterocycles. The summed E-state index contributed by atoms with van der Waals surface area (Å²) in [6.07, 6.45) is 1.43. The maximum absolute atomic E-state index is 6.35. The van der Waals surface area contributed by atoms with E-state index in [1.165, 1.54) is 10.5 Å². The maximum atomic E-state index is 6.35. The van der Waals surface area contributed by atoms with Crippen LogP contribution in [-0.2, 0) is 11.3 Å². The summed E-state index contributed by atoms with van der Waals surface area (Å²) < 4.78 is 5.62. The highest BCUT2D eigenvalue weighted by atomic mass is 35.5. The smallest absolute Gasteiger partial charge is 0.0669 e. The molecule has 1 heterocycles. The molecule has 1 aromatic carbocycles. The summed E-state index contributed by atoms with van der Waals surface area (Å²) in [4.78, 5) is 1.21. The maximum Gasteiger partial charge on any atom is 0.0669 e. The van der Waals surface area contributed by atoms with Gasteiger partial charge in [0.25, 0.3) is 0 Å². The van der Waals surface area contributed by atoms with Crippen molar-refractivity contribution in [3.63, 3.8) is 0 Å². The third-order valence-electron chi connectivity index (χ3n) is 3.19. The second-order valence-electron chi connectivity index (χ2n) is 4.53. The average Bonchev–Trinajstić information content (AvgIpc) is 2.76. The van der Waals surface area contributed by atoms with Crippen LogP contribution in [0.2, 0.25) is 5.02 Å². The minimum absolute atomic E-state index is 0.318. The lowest BCUT2D eigenvalue weighted by Gasteiger charge is -2.17. The van der Waals surface area contributed by atoms with Gasteiger partial charge >= 0.3 is 0 Å². The van der Waals surface area contributed by atoms with E-state index in [2.05, 4.69) is 25.2 Å². The van der Waals surface area contributed by atoms with Crippen molar-refractivity contribution >= 4 is 23.4 Å². The topological polar surface area (TPSA) is 21.3 Å². The molecule has 2 atom stereocenters. The van der Waals surface area contributed by atoms with Crippen molar-refractivity contribution in [2.75, 3.05) is 13.2 Å². The summed E-state index contributed by atoms with van der Waals surface area (Å²) in [5, 5.41) is 4.74. The van der Waals surface area contributed by atoms with Crippen LogP contribution in [0.25, 0.3) is 0 Å². The van der Waals surface area contributed by atoms with Crippen molar-refractivity contribution in [3.05, 3.63) is 28.8 Å².